The van der Waals surface area contributed by atoms with E-state index in [2.05, 4.69) is 59.2 Å². The molecule has 4 heteroatoms. The van der Waals surface area contributed by atoms with Crippen LogP contribution >= 0.6 is 11.3 Å². The lowest BCUT2D eigenvalue weighted by Crippen LogP contribution is -2.30. The Morgan fingerprint density at radius 2 is 1.81 bits per heavy atom. The summed E-state index contributed by atoms with van der Waals surface area (Å²) < 4.78 is 0. The fourth-order valence-electron chi connectivity index (χ4n) is 2.94. The Bertz CT molecular complexity index is 840. The summed E-state index contributed by atoms with van der Waals surface area (Å²) in [5.74, 6) is 0.0303. The predicted molar refractivity (Wildman–Crippen MR) is 108 cm³/mol. The predicted octanol–water partition coefficient (Wildman–Crippen LogP) is 4.86. The van der Waals surface area contributed by atoms with Crippen molar-refractivity contribution in [2.24, 2.45) is 0 Å². The molecule has 3 rings (SSSR count). The summed E-state index contributed by atoms with van der Waals surface area (Å²) in [5, 5.41) is 6.19. The smallest absolute Gasteiger partial charge is 0.217 e. The second-order valence-electron chi connectivity index (χ2n) is 6.63. The molecule has 1 N–H and O–H groups in total. The number of aryl methyl sites for hydroxylation is 1. The van der Waals surface area contributed by atoms with Gasteiger partial charge in [-0.05, 0) is 30.9 Å². The maximum Gasteiger partial charge on any atom is 0.217 e. The van der Waals surface area contributed by atoms with Crippen LogP contribution in [0.3, 0.4) is 0 Å². The molecule has 0 radical (unpaired) electrons. The number of amides is 1. The van der Waals surface area contributed by atoms with E-state index in [0.29, 0.717) is 0 Å². The largest absolute Gasteiger partial charge is 0.354 e. The molecule has 0 spiro atoms. The molecule has 134 valence electrons. The van der Waals surface area contributed by atoms with E-state index in [0.717, 1.165) is 35.5 Å². The fourth-order valence-corrected chi connectivity index (χ4v) is 3.78. The van der Waals surface area contributed by atoms with Crippen molar-refractivity contribution in [2.75, 3.05) is 0 Å². The topological polar surface area (TPSA) is 42.0 Å². The van der Waals surface area contributed by atoms with Gasteiger partial charge in [-0.25, -0.2) is 4.98 Å². The van der Waals surface area contributed by atoms with Gasteiger partial charge in [0, 0.05) is 30.3 Å². The molecule has 1 amide bonds. The van der Waals surface area contributed by atoms with Crippen molar-refractivity contribution in [3.8, 4) is 11.3 Å². The Balaban J connectivity index is 1.59. The van der Waals surface area contributed by atoms with E-state index in [1.54, 1.807) is 18.3 Å². The first-order valence-electron chi connectivity index (χ1n) is 8.95. The van der Waals surface area contributed by atoms with E-state index in [1.807, 2.05) is 13.0 Å². The number of carbonyl (C=O) groups is 1. The number of rotatable bonds is 7. The minimum Gasteiger partial charge on any atom is -0.354 e. The van der Waals surface area contributed by atoms with Crippen LogP contribution in [0.5, 0.6) is 0 Å². The Hall–Kier alpha value is -2.46. The van der Waals surface area contributed by atoms with Crippen LogP contribution in [0.15, 0.2) is 60.0 Å². The molecule has 0 aliphatic carbocycles. The maximum atomic E-state index is 11.1. The molecular weight excluding hydrogens is 340 g/mol. The highest BCUT2D eigenvalue weighted by atomic mass is 32.1. The van der Waals surface area contributed by atoms with Crippen molar-refractivity contribution in [3.05, 3.63) is 76.1 Å². The molecule has 1 atom stereocenters. The van der Waals surface area contributed by atoms with Gasteiger partial charge in [0.2, 0.25) is 5.91 Å². The Kier molecular flexibility index (Phi) is 6.18. The summed E-state index contributed by atoms with van der Waals surface area (Å²) in [6.07, 6.45) is 2.78. The molecule has 2 aromatic carbocycles. The zero-order valence-electron chi connectivity index (χ0n) is 15.2. The van der Waals surface area contributed by atoms with Crippen LogP contribution < -0.4 is 5.32 Å². The molecule has 26 heavy (non-hydrogen) atoms. The average molecular weight is 365 g/mol. The van der Waals surface area contributed by atoms with E-state index in [1.165, 1.54) is 11.1 Å². The van der Waals surface area contributed by atoms with Crippen molar-refractivity contribution in [2.45, 2.75) is 39.2 Å². The molecule has 0 aliphatic rings. The van der Waals surface area contributed by atoms with E-state index in [9.17, 15) is 4.79 Å². The van der Waals surface area contributed by atoms with Gasteiger partial charge in [0.25, 0.3) is 0 Å². The molecule has 0 saturated heterocycles. The van der Waals surface area contributed by atoms with Gasteiger partial charge in [-0.3, -0.25) is 4.79 Å². The van der Waals surface area contributed by atoms with Crippen LogP contribution in [-0.4, -0.2) is 16.9 Å². The quantitative estimate of drug-likeness (QED) is 0.651. The second kappa shape index (κ2) is 8.77. The summed E-state index contributed by atoms with van der Waals surface area (Å²) in [4.78, 5) is 15.9. The monoisotopic (exact) mass is 364 g/mol. The van der Waals surface area contributed by atoms with Crippen LogP contribution in [0.2, 0.25) is 0 Å². The minimum absolute atomic E-state index is 0.0303. The number of nitrogens with zero attached hydrogens (tertiary/aromatic N) is 1. The highest BCUT2D eigenvalue weighted by Crippen LogP contribution is 2.24. The third-order valence-corrected chi connectivity index (χ3v) is 5.16. The molecule has 0 saturated carbocycles. The SMILES string of the molecule is CC(=O)N[C@@H](C)CCc1ccc(-c2csc(Cc3ccccc3)n2)cc1. The molecule has 1 heterocycles. The molecule has 3 nitrogen and oxygen atoms in total. The zero-order chi connectivity index (χ0) is 18.4. The first-order chi connectivity index (χ1) is 12.6. The van der Waals surface area contributed by atoms with Gasteiger partial charge >= 0.3 is 0 Å². The second-order valence-corrected chi connectivity index (χ2v) is 7.57. The third kappa shape index (κ3) is 5.27. The molecule has 3 aromatic rings. The summed E-state index contributed by atoms with van der Waals surface area (Å²) in [6.45, 7) is 3.60. The normalized spacial score (nSPS) is 11.9. The molecule has 0 aliphatic heterocycles. The molecule has 0 unspecified atom stereocenters. The van der Waals surface area contributed by atoms with Gasteiger partial charge in [-0.15, -0.1) is 11.3 Å². The van der Waals surface area contributed by atoms with E-state index in [-0.39, 0.29) is 11.9 Å². The summed E-state index contributed by atoms with van der Waals surface area (Å²) >= 11 is 1.71. The molecule has 0 fully saturated rings. The van der Waals surface area contributed by atoms with E-state index >= 15 is 0 Å². The Morgan fingerprint density at radius 1 is 1.08 bits per heavy atom. The van der Waals surface area contributed by atoms with Crippen molar-refractivity contribution in [3.63, 3.8) is 0 Å². The van der Waals surface area contributed by atoms with Crippen LogP contribution in [0, 0.1) is 0 Å². The van der Waals surface area contributed by atoms with Gasteiger partial charge in [0.15, 0.2) is 0 Å². The van der Waals surface area contributed by atoms with E-state index < -0.39 is 0 Å². The number of hydrogen-bond donors (Lipinski definition) is 1. The minimum atomic E-state index is 0.0303. The number of benzene rings is 2. The molecule has 1 aromatic heterocycles. The number of aromatic nitrogens is 1. The van der Waals surface area contributed by atoms with Crippen LogP contribution in [-0.2, 0) is 17.6 Å². The van der Waals surface area contributed by atoms with Crippen LogP contribution in [0.1, 0.15) is 36.4 Å². The highest BCUT2D eigenvalue weighted by Gasteiger charge is 2.07. The van der Waals surface area contributed by atoms with Crippen molar-refractivity contribution >= 4 is 17.2 Å². The average Bonchev–Trinajstić information content (AvgIpc) is 3.09. The highest BCUT2D eigenvalue weighted by molar-refractivity contribution is 7.10. The third-order valence-electron chi connectivity index (χ3n) is 4.32. The molecular formula is C22H24N2OS. The van der Waals surface area contributed by atoms with Gasteiger partial charge in [-0.1, -0.05) is 54.6 Å². The van der Waals surface area contributed by atoms with Crippen LogP contribution in [0.25, 0.3) is 11.3 Å². The standard InChI is InChI=1S/C22H24N2OS/c1-16(23-17(2)25)8-9-18-10-12-20(13-11-18)21-15-26-22(24-21)14-19-6-4-3-5-7-19/h3-7,10-13,15-16H,8-9,14H2,1-2H3,(H,23,25)/t16-/m0/s1. The zero-order valence-corrected chi connectivity index (χ0v) is 16.1. The maximum absolute atomic E-state index is 11.1. The van der Waals surface area contributed by atoms with Gasteiger partial charge in [0.05, 0.1) is 10.7 Å². The Labute approximate surface area is 159 Å². The van der Waals surface area contributed by atoms with Crippen molar-refractivity contribution < 1.29 is 4.79 Å². The van der Waals surface area contributed by atoms with Crippen molar-refractivity contribution in [1.29, 1.82) is 0 Å². The van der Waals surface area contributed by atoms with Gasteiger partial charge in [-0.2, -0.15) is 0 Å². The first kappa shape index (κ1) is 18.3. The summed E-state index contributed by atoms with van der Waals surface area (Å²) in [7, 11) is 0. The first-order valence-corrected chi connectivity index (χ1v) is 9.83. The number of carbonyl (C=O) groups excluding carboxylic acids is 1. The van der Waals surface area contributed by atoms with Crippen LogP contribution in [0.4, 0.5) is 0 Å². The van der Waals surface area contributed by atoms with Gasteiger partial charge in [0.1, 0.15) is 0 Å². The number of thiazole rings is 1. The fraction of sp³-hybridized carbons (Fsp3) is 0.273. The van der Waals surface area contributed by atoms with E-state index in [4.69, 9.17) is 4.98 Å². The lowest BCUT2D eigenvalue weighted by atomic mass is 10.0. The van der Waals surface area contributed by atoms with Gasteiger partial charge < -0.3 is 5.32 Å². The number of hydrogen-bond acceptors (Lipinski definition) is 3. The van der Waals surface area contributed by atoms with Crippen molar-refractivity contribution in [1.82, 2.24) is 10.3 Å². The Morgan fingerprint density at radius 3 is 2.50 bits per heavy atom. The lowest BCUT2D eigenvalue weighted by molar-refractivity contribution is -0.119. The summed E-state index contributed by atoms with van der Waals surface area (Å²) in [6, 6.07) is 19.2. The lowest BCUT2D eigenvalue weighted by Gasteiger charge is -2.12. The molecule has 0 bridgehead atoms. The number of nitrogens with one attached hydrogen (secondary N) is 1. The summed E-state index contributed by atoms with van der Waals surface area (Å²) in [5.41, 5.74) is 4.76.